The molecule has 0 fully saturated rings. The molecule has 0 radical (unpaired) electrons. The van der Waals surface area contributed by atoms with E-state index in [4.69, 9.17) is 9.47 Å². The van der Waals surface area contributed by atoms with E-state index in [9.17, 15) is 4.79 Å². The monoisotopic (exact) mass is 371 g/mol. The van der Waals surface area contributed by atoms with Gasteiger partial charge in [-0.05, 0) is 36.8 Å². The van der Waals surface area contributed by atoms with Crippen LogP contribution in [-0.2, 0) is 4.79 Å². The van der Waals surface area contributed by atoms with Gasteiger partial charge in [-0.15, -0.1) is 0 Å². The van der Waals surface area contributed by atoms with Gasteiger partial charge in [0.2, 0.25) is 0 Å². The van der Waals surface area contributed by atoms with Gasteiger partial charge >= 0.3 is 0 Å². The Morgan fingerprint density at radius 3 is 2.46 bits per heavy atom. The van der Waals surface area contributed by atoms with Crippen molar-refractivity contribution in [3.63, 3.8) is 0 Å². The highest BCUT2D eigenvalue weighted by Crippen LogP contribution is 2.39. The molecule has 0 unspecified atom stereocenters. The first-order valence-corrected chi connectivity index (χ1v) is 9.24. The Balaban J connectivity index is 1.76. The lowest BCUT2D eigenvalue weighted by molar-refractivity contribution is -0.110. The number of fused-ring (bicyclic) bond motifs is 1. The molecule has 0 atom stereocenters. The summed E-state index contributed by atoms with van der Waals surface area (Å²) in [4.78, 5) is 12.6. The second-order valence-corrected chi connectivity index (χ2v) is 6.44. The van der Waals surface area contributed by atoms with Crippen LogP contribution in [-0.4, -0.2) is 19.6 Å². The largest absolute Gasteiger partial charge is 0.496 e. The van der Waals surface area contributed by atoms with E-state index in [0.29, 0.717) is 12.2 Å². The smallest absolute Gasteiger partial charge is 0.256 e. The van der Waals surface area contributed by atoms with Crippen molar-refractivity contribution >= 4 is 23.2 Å². The average molecular weight is 371 g/mol. The number of nitrogens with one attached hydrogen (secondary N) is 1. The van der Waals surface area contributed by atoms with Crippen molar-refractivity contribution in [1.82, 2.24) is 0 Å². The van der Waals surface area contributed by atoms with Crippen LogP contribution >= 0.6 is 0 Å². The van der Waals surface area contributed by atoms with Gasteiger partial charge in [-0.1, -0.05) is 48.5 Å². The zero-order valence-corrected chi connectivity index (χ0v) is 15.9. The minimum Gasteiger partial charge on any atom is -0.496 e. The van der Waals surface area contributed by atoms with Crippen molar-refractivity contribution < 1.29 is 14.3 Å². The molecule has 0 saturated heterocycles. The Hall–Kier alpha value is -3.53. The molecular weight excluding hydrogens is 350 g/mol. The lowest BCUT2D eigenvalue weighted by Gasteiger charge is -2.10. The summed E-state index contributed by atoms with van der Waals surface area (Å²) in [6.45, 7) is 2.52. The number of hydrogen-bond acceptors (Lipinski definition) is 3. The molecule has 4 rings (SSSR count). The average Bonchev–Trinajstić information content (AvgIpc) is 3.04. The van der Waals surface area contributed by atoms with Crippen LogP contribution in [0.15, 0.2) is 66.7 Å². The summed E-state index contributed by atoms with van der Waals surface area (Å²) in [6.07, 6.45) is 1.88. The van der Waals surface area contributed by atoms with E-state index in [1.165, 1.54) is 0 Å². The van der Waals surface area contributed by atoms with Crippen LogP contribution in [0.2, 0.25) is 0 Å². The number of rotatable bonds is 5. The van der Waals surface area contributed by atoms with Crippen LogP contribution in [0.1, 0.15) is 18.1 Å². The van der Waals surface area contributed by atoms with Crippen molar-refractivity contribution in [3.8, 4) is 22.6 Å². The van der Waals surface area contributed by atoms with Crippen LogP contribution in [0.3, 0.4) is 0 Å². The van der Waals surface area contributed by atoms with Gasteiger partial charge in [0, 0.05) is 28.0 Å². The summed E-state index contributed by atoms with van der Waals surface area (Å²) in [5, 5.41) is 2.98. The van der Waals surface area contributed by atoms with Crippen molar-refractivity contribution in [2.75, 3.05) is 19.0 Å². The van der Waals surface area contributed by atoms with Crippen LogP contribution in [0.5, 0.6) is 11.5 Å². The SMILES string of the molecule is CCOc1ccccc1/C=C1/C(=O)Nc2cc(-c3ccccc3OC)ccc21. The van der Waals surface area contributed by atoms with E-state index < -0.39 is 0 Å². The molecule has 4 nitrogen and oxygen atoms in total. The lowest BCUT2D eigenvalue weighted by atomic mass is 9.98. The van der Waals surface area contributed by atoms with Gasteiger partial charge in [-0.2, -0.15) is 0 Å². The molecule has 140 valence electrons. The molecule has 3 aromatic rings. The third kappa shape index (κ3) is 3.25. The highest BCUT2D eigenvalue weighted by molar-refractivity contribution is 6.35. The predicted octanol–water partition coefficient (Wildman–Crippen LogP) is 5.25. The summed E-state index contributed by atoms with van der Waals surface area (Å²) in [6, 6.07) is 21.5. The van der Waals surface area contributed by atoms with Crippen molar-refractivity contribution in [3.05, 3.63) is 77.9 Å². The molecule has 0 spiro atoms. The fourth-order valence-corrected chi connectivity index (χ4v) is 3.43. The molecule has 4 heteroatoms. The van der Waals surface area contributed by atoms with E-state index in [1.807, 2.05) is 79.7 Å². The third-order valence-electron chi connectivity index (χ3n) is 4.74. The molecular formula is C24H21NO3. The Morgan fingerprint density at radius 1 is 0.929 bits per heavy atom. The molecule has 1 aliphatic rings. The molecule has 1 heterocycles. The van der Waals surface area contributed by atoms with Gasteiger partial charge in [0.15, 0.2) is 0 Å². The zero-order valence-electron chi connectivity index (χ0n) is 15.9. The maximum absolute atomic E-state index is 12.6. The van der Waals surface area contributed by atoms with Crippen molar-refractivity contribution in [2.45, 2.75) is 6.92 Å². The van der Waals surface area contributed by atoms with E-state index in [0.717, 1.165) is 39.4 Å². The number of carbonyl (C=O) groups is 1. The van der Waals surface area contributed by atoms with Gasteiger partial charge in [0.05, 0.1) is 13.7 Å². The first kappa shape index (κ1) is 17.9. The molecule has 1 N–H and O–H groups in total. The highest BCUT2D eigenvalue weighted by atomic mass is 16.5. The van der Waals surface area contributed by atoms with E-state index in [1.54, 1.807) is 7.11 Å². The second-order valence-electron chi connectivity index (χ2n) is 6.44. The summed E-state index contributed by atoms with van der Waals surface area (Å²) in [5.41, 5.74) is 5.18. The maximum Gasteiger partial charge on any atom is 0.256 e. The van der Waals surface area contributed by atoms with Gasteiger partial charge < -0.3 is 14.8 Å². The molecule has 28 heavy (non-hydrogen) atoms. The number of para-hydroxylation sites is 2. The van der Waals surface area contributed by atoms with Crippen LogP contribution in [0.4, 0.5) is 5.69 Å². The fourth-order valence-electron chi connectivity index (χ4n) is 3.43. The standard InChI is InChI=1S/C24H21NO3/c1-3-28-22-10-6-4-8-17(22)14-20-19-13-12-16(15-21(19)25-24(20)26)18-9-5-7-11-23(18)27-2/h4-15H,3H2,1-2H3,(H,25,26)/b20-14+. The van der Waals surface area contributed by atoms with E-state index in [2.05, 4.69) is 5.32 Å². The summed E-state index contributed by atoms with van der Waals surface area (Å²) in [7, 11) is 1.66. The number of carbonyl (C=O) groups excluding carboxylic acids is 1. The molecule has 0 bridgehead atoms. The normalized spacial score (nSPS) is 13.9. The Bertz CT molecular complexity index is 1070. The molecule has 1 aliphatic heterocycles. The fraction of sp³-hybridized carbons (Fsp3) is 0.125. The number of anilines is 1. The first-order chi connectivity index (χ1) is 13.7. The summed E-state index contributed by atoms with van der Waals surface area (Å²) < 4.78 is 11.1. The molecule has 0 saturated carbocycles. The first-order valence-electron chi connectivity index (χ1n) is 9.24. The Labute approximate surface area is 164 Å². The summed E-state index contributed by atoms with van der Waals surface area (Å²) in [5.74, 6) is 1.45. The number of amides is 1. The highest BCUT2D eigenvalue weighted by Gasteiger charge is 2.25. The number of ether oxygens (including phenoxy) is 2. The van der Waals surface area contributed by atoms with Crippen LogP contribution in [0.25, 0.3) is 22.8 Å². The lowest BCUT2D eigenvalue weighted by Crippen LogP contribution is -2.03. The third-order valence-corrected chi connectivity index (χ3v) is 4.74. The molecule has 0 aliphatic carbocycles. The quantitative estimate of drug-likeness (QED) is 0.623. The van der Waals surface area contributed by atoms with Gasteiger partial charge in [0.1, 0.15) is 11.5 Å². The van der Waals surface area contributed by atoms with Crippen LogP contribution < -0.4 is 14.8 Å². The molecule has 3 aromatic carbocycles. The van der Waals surface area contributed by atoms with Crippen molar-refractivity contribution in [1.29, 1.82) is 0 Å². The van der Waals surface area contributed by atoms with E-state index >= 15 is 0 Å². The number of hydrogen-bond donors (Lipinski definition) is 1. The molecule has 1 amide bonds. The topological polar surface area (TPSA) is 47.6 Å². The number of methoxy groups -OCH3 is 1. The van der Waals surface area contributed by atoms with Gasteiger partial charge in [-0.25, -0.2) is 0 Å². The Morgan fingerprint density at radius 2 is 1.68 bits per heavy atom. The second kappa shape index (κ2) is 7.61. The molecule has 0 aromatic heterocycles. The zero-order chi connectivity index (χ0) is 19.5. The number of benzene rings is 3. The van der Waals surface area contributed by atoms with E-state index in [-0.39, 0.29) is 5.91 Å². The Kier molecular flexibility index (Phi) is 4.85. The summed E-state index contributed by atoms with van der Waals surface area (Å²) >= 11 is 0. The van der Waals surface area contributed by atoms with Crippen LogP contribution in [0, 0.1) is 0 Å². The maximum atomic E-state index is 12.6. The predicted molar refractivity (Wildman–Crippen MR) is 113 cm³/mol. The van der Waals surface area contributed by atoms with Gasteiger partial charge in [0.25, 0.3) is 5.91 Å². The minimum absolute atomic E-state index is 0.113. The minimum atomic E-state index is -0.113. The van der Waals surface area contributed by atoms with Crippen molar-refractivity contribution in [2.24, 2.45) is 0 Å². The van der Waals surface area contributed by atoms with Gasteiger partial charge in [-0.3, -0.25) is 4.79 Å².